The molecule has 0 aromatic carbocycles. The third-order valence-electron chi connectivity index (χ3n) is 1.09. The highest BCUT2D eigenvalue weighted by Gasteiger charge is 2.00. The minimum Gasteiger partial charge on any atom is -0.294 e. The van der Waals surface area contributed by atoms with Crippen molar-refractivity contribution in [3.63, 3.8) is 0 Å². The molecule has 0 spiro atoms. The molecule has 0 saturated carbocycles. The lowest BCUT2D eigenvalue weighted by molar-refractivity contribution is -0.114. The molecule has 1 N–H and O–H groups in total. The van der Waals surface area contributed by atoms with Gasteiger partial charge in [0.05, 0.1) is 0 Å². The molecule has 0 aliphatic heterocycles. The Morgan fingerprint density at radius 1 is 1.62 bits per heavy atom. The van der Waals surface area contributed by atoms with E-state index in [-0.39, 0.29) is 12.5 Å². The topological polar surface area (TPSA) is 104 Å². The first-order valence-electron chi connectivity index (χ1n) is 3.40. The maximum atomic E-state index is 10.9. The van der Waals surface area contributed by atoms with E-state index >= 15 is 0 Å². The largest absolute Gasteiger partial charge is 0.294 e. The van der Waals surface area contributed by atoms with E-state index < -0.39 is 5.91 Å². The lowest BCUT2D eigenvalue weighted by Crippen LogP contribution is -2.16. The van der Waals surface area contributed by atoms with Gasteiger partial charge < -0.3 is 0 Å². The van der Waals surface area contributed by atoms with E-state index in [1.165, 1.54) is 12.4 Å². The molecular weight excluding hydrogens is 172 g/mol. The molecule has 13 heavy (non-hydrogen) atoms. The van der Waals surface area contributed by atoms with Crippen LogP contribution in [0.1, 0.15) is 0 Å². The van der Waals surface area contributed by atoms with Gasteiger partial charge in [-0.1, -0.05) is 5.11 Å². The van der Waals surface area contributed by atoms with Crippen molar-refractivity contribution >= 4 is 11.9 Å². The fourth-order valence-corrected chi connectivity index (χ4v) is 0.624. The Kier molecular flexibility index (Phi) is 3.22. The van der Waals surface area contributed by atoms with Crippen molar-refractivity contribution in [3.05, 3.63) is 28.9 Å². The molecule has 0 aliphatic rings. The predicted molar refractivity (Wildman–Crippen MR) is 44.7 cm³/mol. The van der Waals surface area contributed by atoms with Gasteiger partial charge in [-0.25, -0.2) is 9.97 Å². The van der Waals surface area contributed by atoms with Crippen molar-refractivity contribution in [3.8, 4) is 0 Å². The molecule has 0 bridgehead atoms. The standard InChI is InChI=1S/C6H6N6O/c7-12-10-4-5(13)11-6-8-2-1-3-9-6/h1-3H,4H2,(H,8,9,11,13). The second-order valence-electron chi connectivity index (χ2n) is 2.01. The van der Waals surface area contributed by atoms with E-state index in [9.17, 15) is 4.79 Å². The first-order chi connectivity index (χ1) is 6.33. The highest BCUT2D eigenvalue weighted by atomic mass is 16.2. The van der Waals surface area contributed by atoms with Crippen LogP contribution in [0.25, 0.3) is 10.4 Å². The van der Waals surface area contributed by atoms with Crippen LogP contribution in [-0.2, 0) is 4.79 Å². The predicted octanol–water partition coefficient (Wildman–Crippen LogP) is 0.725. The van der Waals surface area contributed by atoms with Gasteiger partial charge in [0.1, 0.15) is 6.54 Å². The summed E-state index contributed by atoms with van der Waals surface area (Å²) in [5.74, 6) is -0.246. The number of carbonyl (C=O) groups excluding carboxylic acids is 1. The fraction of sp³-hybridized carbons (Fsp3) is 0.167. The van der Waals surface area contributed by atoms with E-state index in [0.717, 1.165) is 0 Å². The van der Waals surface area contributed by atoms with Crippen LogP contribution in [0.2, 0.25) is 0 Å². The van der Waals surface area contributed by atoms with Gasteiger partial charge in [-0.15, -0.1) is 0 Å². The molecule has 7 nitrogen and oxygen atoms in total. The summed E-state index contributed by atoms with van der Waals surface area (Å²) in [7, 11) is 0. The molecule has 0 radical (unpaired) electrons. The van der Waals surface area contributed by atoms with Crippen molar-refractivity contribution in [1.29, 1.82) is 0 Å². The van der Waals surface area contributed by atoms with Gasteiger partial charge in [-0.2, -0.15) is 0 Å². The molecule has 1 aromatic heterocycles. The second-order valence-corrected chi connectivity index (χ2v) is 2.01. The number of nitrogens with one attached hydrogen (secondary N) is 1. The number of amides is 1. The SMILES string of the molecule is [N-]=[N+]=NCC(=O)Nc1ncccn1. The average molecular weight is 178 g/mol. The van der Waals surface area contributed by atoms with Gasteiger partial charge >= 0.3 is 0 Å². The van der Waals surface area contributed by atoms with Crippen LogP contribution in [-0.4, -0.2) is 22.4 Å². The number of hydrogen-bond donors (Lipinski definition) is 1. The fourth-order valence-electron chi connectivity index (χ4n) is 0.624. The number of rotatable bonds is 3. The minimum atomic E-state index is -0.441. The molecular formula is C6H6N6O. The lowest BCUT2D eigenvalue weighted by atomic mass is 10.6. The molecule has 1 amide bonds. The summed E-state index contributed by atoms with van der Waals surface area (Å²) < 4.78 is 0. The minimum absolute atomic E-state index is 0.195. The number of hydrogen-bond acceptors (Lipinski definition) is 4. The van der Waals surface area contributed by atoms with Gasteiger partial charge in [-0.3, -0.25) is 10.1 Å². The lowest BCUT2D eigenvalue weighted by Gasteiger charge is -1.98. The first-order valence-corrected chi connectivity index (χ1v) is 3.40. The molecule has 0 atom stereocenters. The molecule has 66 valence electrons. The Morgan fingerprint density at radius 2 is 2.31 bits per heavy atom. The first kappa shape index (κ1) is 8.95. The third-order valence-corrected chi connectivity index (χ3v) is 1.09. The number of carbonyl (C=O) groups is 1. The van der Waals surface area contributed by atoms with E-state index in [0.29, 0.717) is 0 Å². The van der Waals surface area contributed by atoms with Crippen molar-refractivity contribution in [1.82, 2.24) is 9.97 Å². The van der Waals surface area contributed by atoms with Crippen LogP contribution >= 0.6 is 0 Å². The zero-order valence-electron chi connectivity index (χ0n) is 6.58. The summed E-state index contributed by atoms with van der Waals surface area (Å²) >= 11 is 0. The van der Waals surface area contributed by atoms with Crippen molar-refractivity contribution < 1.29 is 4.79 Å². The monoisotopic (exact) mass is 178 g/mol. The number of nitrogens with zero attached hydrogens (tertiary/aromatic N) is 5. The summed E-state index contributed by atoms with van der Waals surface area (Å²) in [6, 6.07) is 1.63. The zero-order chi connectivity index (χ0) is 9.52. The molecule has 0 fully saturated rings. The summed E-state index contributed by atoms with van der Waals surface area (Å²) in [6.45, 7) is -0.255. The maximum absolute atomic E-state index is 10.9. The quantitative estimate of drug-likeness (QED) is 0.419. The molecule has 0 saturated heterocycles. The van der Waals surface area contributed by atoms with Gasteiger partial charge in [0, 0.05) is 17.3 Å². The Morgan fingerprint density at radius 3 is 2.92 bits per heavy atom. The summed E-state index contributed by atoms with van der Waals surface area (Å²) in [4.78, 5) is 20.9. The molecule has 1 rings (SSSR count). The molecule has 1 heterocycles. The molecule has 1 aromatic rings. The van der Waals surface area contributed by atoms with Crippen LogP contribution in [0.15, 0.2) is 23.6 Å². The van der Waals surface area contributed by atoms with E-state index in [1.54, 1.807) is 6.07 Å². The van der Waals surface area contributed by atoms with Crippen molar-refractivity contribution in [2.24, 2.45) is 5.11 Å². The van der Waals surface area contributed by atoms with Gasteiger partial charge in [0.25, 0.3) is 0 Å². The van der Waals surface area contributed by atoms with Crippen LogP contribution in [0.3, 0.4) is 0 Å². The molecule has 0 aliphatic carbocycles. The van der Waals surface area contributed by atoms with Crippen LogP contribution in [0, 0.1) is 0 Å². The van der Waals surface area contributed by atoms with Crippen molar-refractivity contribution in [2.45, 2.75) is 0 Å². The van der Waals surface area contributed by atoms with E-state index in [2.05, 4.69) is 25.3 Å². The molecule has 7 heteroatoms. The van der Waals surface area contributed by atoms with Gasteiger partial charge in [-0.05, 0) is 11.6 Å². The Labute approximate surface area is 73.4 Å². The van der Waals surface area contributed by atoms with Crippen LogP contribution < -0.4 is 5.32 Å². The van der Waals surface area contributed by atoms with Gasteiger partial charge in [0.2, 0.25) is 11.9 Å². The van der Waals surface area contributed by atoms with E-state index in [4.69, 9.17) is 5.53 Å². The Hall–Kier alpha value is -2.14. The summed E-state index contributed by atoms with van der Waals surface area (Å²) in [5, 5.41) is 5.43. The third kappa shape index (κ3) is 3.17. The molecule has 0 unspecified atom stereocenters. The second kappa shape index (κ2) is 4.68. The summed E-state index contributed by atoms with van der Waals surface area (Å²) in [6.07, 6.45) is 2.99. The highest BCUT2D eigenvalue weighted by molar-refractivity contribution is 5.90. The van der Waals surface area contributed by atoms with Crippen molar-refractivity contribution in [2.75, 3.05) is 11.9 Å². The van der Waals surface area contributed by atoms with Crippen LogP contribution in [0.4, 0.5) is 5.95 Å². The van der Waals surface area contributed by atoms with Gasteiger partial charge in [0.15, 0.2) is 0 Å². The smallest absolute Gasteiger partial charge is 0.232 e. The Balaban J connectivity index is 2.50. The van der Waals surface area contributed by atoms with E-state index in [1.807, 2.05) is 0 Å². The normalized spacial score (nSPS) is 8.62. The zero-order valence-corrected chi connectivity index (χ0v) is 6.58. The number of anilines is 1. The number of azide groups is 1. The average Bonchev–Trinajstić information content (AvgIpc) is 2.16. The Bertz CT molecular complexity index is 330. The number of aromatic nitrogens is 2. The summed E-state index contributed by atoms with van der Waals surface area (Å²) in [5.41, 5.74) is 7.93. The maximum Gasteiger partial charge on any atom is 0.232 e. The highest BCUT2D eigenvalue weighted by Crippen LogP contribution is 1.93. The van der Waals surface area contributed by atoms with Crippen LogP contribution in [0.5, 0.6) is 0 Å².